The zero-order valence-electron chi connectivity index (χ0n) is 18.5. The number of aryl methyl sites for hydroxylation is 3. The molecule has 0 N–H and O–H groups in total. The number of aromatic nitrogens is 4. The summed E-state index contributed by atoms with van der Waals surface area (Å²) in [7, 11) is 0. The summed E-state index contributed by atoms with van der Waals surface area (Å²) in [6, 6.07) is 6.93. The lowest BCUT2D eigenvalue weighted by Crippen LogP contribution is -2.23. The number of fused-ring (bicyclic) bond motifs is 5. The highest BCUT2D eigenvalue weighted by atomic mass is 35.5. The number of thioether (sulfide) groups is 1. The molecule has 1 aliphatic rings. The van der Waals surface area contributed by atoms with Crippen molar-refractivity contribution >= 4 is 56.5 Å². The van der Waals surface area contributed by atoms with Crippen LogP contribution in [-0.4, -0.2) is 30.7 Å². The summed E-state index contributed by atoms with van der Waals surface area (Å²) in [5.74, 6) is 0.813. The molecule has 0 fully saturated rings. The minimum absolute atomic E-state index is 0.00549. The molecule has 1 aromatic carbocycles. The van der Waals surface area contributed by atoms with Crippen LogP contribution in [0.3, 0.4) is 0 Å². The first kappa shape index (κ1) is 22.6. The molecule has 3 aromatic heterocycles. The summed E-state index contributed by atoms with van der Waals surface area (Å²) in [6.45, 7) is 2.73. The second-order valence-electron chi connectivity index (χ2n) is 8.39. The van der Waals surface area contributed by atoms with Crippen LogP contribution in [0.5, 0.6) is 0 Å². The van der Waals surface area contributed by atoms with Crippen LogP contribution in [0.4, 0.5) is 0 Å². The van der Waals surface area contributed by atoms with Gasteiger partial charge in [0.25, 0.3) is 5.56 Å². The fourth-order valence-electron chi connectivity index (χ4n) is 4.41. The largest absolute Gasteiger partial charge is 0.293 e. The van der Waals surface area contributed by atoms with Crippen LogP contribution in [0, 0.1) is 0 Å². The van der Waals surface area contributed by atoms with Gasteiger partial charge < -0.3 is 0 Å². The molecule has 5 rings (SSSR count). The van der Waals surface area contributed by atoms with Crippen molar-refractivity contribution in [3.63, 3.8) is 0 Å². The van der Waals surface area contributed by atoms with Gasteiger partial charge in [0.05, 0.1) is 11.1 Å². The highest BCUT2D eigenvalue weighted by molar-refractivity contribution is 7.99. The van der Waals surface area contributed by atoms with E-state index in [-0.39, 0.29) is 17.1 Å². The molecule has 0 radical (unpaired) electrons. The van der Waals surface area contributed by atoms with Crippen LogP contribution in [0.25, 0.3) is 16.0 Å². The molecule has 4 aromatic rings. The Bertz CT molecular complexity index is 1390. The molecule has 0 unspecified atom stereocenters. The smallest absolute Gasteiger partial charge is 0.263 e. The van der Waals surface area contributed by atoms with Crippen molar-refractivity contribution in [3.05, 3.63) is 55.6 Å². The van der Waals surface area contributed by atoms with Crippen molar-refractivity contribution in [1.82, 2.24) is 19.2 Å². The third-order valence-corrected chi connectivity index (χ3v) is 8.61. The Balaban J connectivity index is 1.60. The van der Waals surface area contributed by atoms with Crippen LogP contribution in [0.15, 0.2) is 34.2 Å². The number of unbranched alkanes of at least 4 members (excludes halogenated alkanes) is 1. The second-order valence-corrected chi connectivity index (χ2v) is 10.9. The predicted molar refractivity (Wildman–Crippen MR) is 135 cm³/mol. The quantitative estimate of drug-likeness (QED) is 0.182. The standard InChI is InChI=1S/C24H25ClN4O2S2/c1-2-3-13-28-21(31)20-17-7-5-4-6-8-19(17)33-22(20)29-23(28)26-27-24(29)32-14-18(30)15-9-11-16(25)12-10-15/h9-12H,2-8,13-14H2,1H3. The van der Waals surface area contributed by atoms with E-state index in [1.807, 2.05) is 4.40 Å². The maximum Gasteiger partial charge on any atom is 0.263 e. The zero-order valence-corrected chi connectivity index (χ0v) is 20.9. The van der Waals surface area contributed by atoms with Gasteiger partial charge in [-0.25, -0.2) is 4.40 Å². The van der Waals surface area contributed by atoms with Gasteiger partial charge in [-0.15, -0.1) is 21.5 Å². The molecule has 6 nitrogen and oxygen atoms in total. The summed E-state index contributed by atoms with van der Waals surface area (Å²) in [5, 5.41) is 10.9. The number of hydrogen-bond acceptors (Lipinski definition) is 6. The molecule has 9 heteroatoms. The van der Waals surface area contributed by atoms with E-state index in [4.69, 9.17) is 11.6 Å². The lowest BCUT2D eigenvalue weighted by Gasteiger charge is -2.09. The fraction of sp³-hybridized carbons (Fsp3) is 0.417. The summed E-state index contributed by atoms with van der Waals surface area (Å²) in [5.41, 5.74) is 1.88. The van der Waals surface area contributed by atoms with E-state index < -0.39 is 0 Å². The van der Waals surface area contributed by atoms with Crippen molar-refractivity contribution in [2.75, 3.05) is 5.75 Å². The molecule has 0 amide bonds. The van der Waals surface area contributed by atoms with E-state index in [0.29, 0.717) is 28.1 Å². The third kappa shape index (κ3) is 4.24. The van der Waals surface area contributed by atoms with Gasteiger partial charge in [0.2, 0.25) is 5.78 Å². The van der Waals surface area contributed by atoms with Crippen molar-refractivity contribution in [2.24, 2.45) is 0 Å². The fourth-order valence-corrected chi connectivity index (χ4v) is 6.80. The maximum atomic E-state index is 13.6. The van der Waals surface area contributed by atoms with Crippen molar-refractivity contribution in [2.45, 2.75) is 63.6 Å². The second kappa shape index (κ2) is 9.60. The van der Waals surface area contributed by atoms with Gasteiger partial charge >= 0.3 is 0 Å². The molecule has 0 atom stereocenters. The van der Waals surface area contributed by atoms with Crippen LogP contribution >= 0.6 is 34.7 Å². The minimum Gasteiger partial charge on any atom is -0.293 e. The molecular formula is C24H25ClN4O2S2. The van der Waals surface area contributed by atoms with E-state index in [0.717, 1.165) is 48.7 Å². The summed E-state index contributed by atoms with van der Waals surface area (Å²) < 4.78 is 3.78. The highest BCUT2D eigenvalue weighted by Gasteiger charge is 2.24. The third-order valence-electron chi connectivity index (χ3n) is 6.16. The number of Topliss-reactive ketones (excluding diaryl/α,β-unsaturated/α-hetero) is 1. The SMILES string of the molecule is CCCCn1c(=O)c2c3c(sc2n2c(SCC(=O)c4ccc(Cl)cc4)nnc12)CCCCC3. The predicted octanol–water partition coefficient (Wildman–Crippen LogP) is 5.80. The molecule has 172 valence electrons. The average Bonchev–Trinajstić information content (AvgIpc) is 3.32. The topological polar surface area (TPSA) is 69.3 Å². The Morgan fingerprint density at radius 2 is 1.94 bits per heavy atom. The van der Waals surface area contributed by atoms with E-state index in [2.05, 4.69) is 17.1 Å². The first-order chi connectivity index (χ1) is 16.1. The first-order valence-electron chi connectivity index (χ1n) is 11.4. The molecule has 0 saturated heterocycles. The highest BCUT2D eigenvalue weighted by Crippen LogP contribution is 2.35. The van der Waals surface area contributed by atoms with Crippen LogP contribution in [-0.2, 0) is 19.4 Å². The summed E-state index contributed by atoms with van der Waals surface area (Å²) in [4.78, 5) is 28.6. The Labute approximate surface area is 205 Å². The molecular weight excluding hydrogens is 476 g/mol. The molecule has 0 saturated carbocycles. The monoisotopic (exact) mass is 500 g/mol. The summed E-state index contributed by atoms with van der Waals surface area (Å²) >= 11 is 9.01. The zero-order chi connectivity index (χ0) is 22.9. The molecule has 0 aliphatic heterocycles. The Kier molecular flexibility index (Phi) is 6.58. The molecule has 3 heterocycles. The van der Waals surface area contributed by atoms with E-state index in [9.17, 15) is 9.59 Å². The number of thiophene rings is 1. The Morgan fingerprint density at radius 1 is 1.15 bits per heavy atom. The van der Waals surface area contributed by atoms with Gasteiger partial charge in [-0.2, -0.15) is 0 Å². The molecule has 0 spiro atoms. The van der Waals surface area contributed by atoms with E-state index in [1.54, 1.807) is 40.2 Å². The number of carbonyl (C=O) groups is 1. The molecule has 33 heavy (non-hydrogen) atoms. The first-order valence-corrected chi connectivity index (χ1v) is 13.6. The number of ketones is 1. The molecule has 1 aliphatic carbocycles. The minimum atomic E-state index is 0.00549. The van der Waals surface area contributed by atoms with Crippen molar-refractivity contribution in [3.8, 4) is 0 Å². The summed E-state index contributed by atoms with van der Waals surface area (Å²) in [6.07, 6.45) is 7.34. The van der Waals surface area contributed by atoms with Gasteiger partial charge in [0.15, 0.2) is 10.9 Å². The van der Waals surface area contributed by atoms with Crippen LogP contribution in [0.2, 0.25) is 5.02 Å². The maximum absolute atomic E-state index is 13.6. The number of carbonyl (C=O) groups excluding carboxylic acids is 1. The van der Waals surface area contributed by atoms with Gasteiger partial charge in [-0.1, -0.05) is 43.1 Å². The van der Waals surface area contributed by atoms with Crippen molar-refractivity contribution in [1.29, 1.82) is 0 Å². The van der Waals surface area contributed by atoms with Crippen molar-refractivity contribution < 1.29 is 4.79 Å². The average molecular weight is 501 g/mol. The van der Waals surface area contributed by atoms with Crippen LogP contribution in [0.1, 0.15) is 59.8 Å². The Morgan fingerprint density at radius 3 is 2.73 bits per heavy atom. The number of nitrogens with zero attached hydrogens (tertiary/aromatic N) is 4. The van der Waals surface area contributed by atoms with Gasteiger partial charge in [0.1, 0.15) is 4.83 Å². The lowest BCUT2D eigenvalue weighted by atomic mass is 10.1. The Hall–Kier alpha value is -2.16. The van der Waals surface area contributed by atoms with Crippen LogP contribution < -0.4 is 5.56 Å². The lowest BCUT2D eigenvalue weighted by molar-refractivity contribution is 0.102. The van der Waals surface area contributed by atoms with Gasteiger partial charge in [-0.05, 0) is 61.9 Å². The number of benzene rings is 1. The van der Waals surface area contributed by atoms with Gasteiger partial charge in [0, 0.05) is 22.0 Å². The normalized spacial score (nSPS) is 14.0. The number of rotatable bonds is 7. The number of hydrogen-bond donors (Lipinski definition) is 0. The van der Waals surface area contributed by atoms with E-state index in [1.165, 1.54) is 28.6 Å². The van der Waals surface area contributed by atoms with Gasteiger partial charge in [-0.3, -0.25) is 14.2 Å². The number of halogens is 1. The molecule has 0 bridgehead atoms. The van der Waals surface area contributed by atoms with E-state index >= 15 is 0 Å².